The predicted molar refractivity (Wildman–Crippen MR) is 85.4 cm³/mol. The molecular weight excluding hydrogens is 340 g/mol. The molecule has 0 aliphatic heterocycles. The van der Waals surface area contributed by atoms with Crippen LogP contribution in [0.15, 0.2) is 52.0 Å². The maximum absolute atomic E-state index is 11.9. The number of hydrazone groups is 1. The molecule has 0 aromatic heterocycles. The number of aryl methyl sites for hydroxylation is 1. The fraction of sp³-hybridized carbons (Fsp3) is 0.0667. The van der Waals surface area contributed by atoms with Crippen molar-refractivity contribution in [2.75, 3.05) is 0 Å². The second kappa shape index (κ2) is 6.68. The molecule has 0 bridgehead atoms. The number of nitrogens with zero attached hydrogens (tertiary/aromatic N) is 1. The molecule has 0 unspecified atom stereocenters. The molecule has 1 N–H and O–H groups in total. The zero-order valence-corrected chi connectivity index (χ0v) is 13.1. The summed E-state index contributed by atoms with van der Waals surface area (Å²) in [4.78, 5) is 11.9. The lowest BCUT2D eigenvalue weighted by atomic mass is 10.2. The largest absolute Gasteiger partial charge is 0.272 e. The van der Waals surface area contributed by atoms with Crippen LogP contribution in [0.2, 0.25) is 5.02 Å². The van der Waals surface area contributed by atoms with Crippen molar-refractivity contribution in [3.8, 4) is 0 Å². The van der Waals surface area contributed by atoms with Gasteiger partial charge in [0.1, 0.15) is 0 Å². The molecule has 0 radical (unpaired) electrons. The van der Waals surface area contributed by atoms with Gasteiger partial charge >= 0.3 is 0 Å². The van der Waals surface area contributed by atoms with Crippen LogP contribution in [-0.2, 0) is 0 Å². The summed E-state index contributed by atoms with van der Waals surface area (Å²) in [5, 5.41) is 4.33. The van der Waals surface area contributed by atoms with E-state index in [2.05, 4.69) is 26.5 Å². The molecule has 0 saturated carbocycles. The number of rotatable bonds is 3. The predicted octanol–water partition coefficient (Wildman–Crippen LogP) is 4.17. The lowest BCUT2D eigenvalue weighted by molar-refractivity contribution is 0.0955. The van der Waals surface area contributed by atoms with Gasteiger partial charge < -0.3 is 0 Å². The normalized spacial score (nSPS) is 10.8. The number of amides is 1. The topological polar surface area (TPSA) is 41.5 Å². The molecule has 0 aliphatic carbocycles. The molecule has 2 rings (SSSR count). The third-order valence-corrected chi connectivity index (χ3v) is 3.88. The number of benzene rings is 2. The summed E-state index contributed by atoms with van der Waals surface area (Å²) in [6.45, 7) is 2.00. The molecular formula is C15H12BrClN2O. The quantitative estimate of drug-likeness (QED) is 0.654. The lowest BCUT2D eigenvalue weighted by Crippen LogP contribution is -2.17. The maximum atomic E-state index is 11.9. The van der Waals surface area contributed by atoms with Crippen LogP contribution in [0.5, 0.6) is 0 Å². The molecule has 3 nitrogen and oxygen atoms in total. The van der Waals surface area contributed by atoms with Gasteiger partial charge in [0.2, 0.25) is 0 Å². The first-order chi connectivity index (χ1) is 9.58. The summed E-state index contributed by atoms with van der Waals surface area (Å²) < 4.78 is 0.999. The van der Waals surface area contributed by atoms with E-state index < -0.39 is 0 Å². The fourth-order valence-corrected chi connectivity index (χ4v) is 2.18. The van der Waals surface area contributed by atoms with Crippen LogP contribution in [0.1, 0.15) is 21.5 Å². The molecule has 0 fully saturated rings. The Labute approximate surface area is 130 Å². The van der Waals surface area contributed by atoms with Crippen LogP contribution in [0.3, 0.4) is 0 Å². The molecule has 0 aliphatic rings. The smallest absolute Gasteiger partial charge is 0.267 e. The Morgan fingerprint density at radius 3 is 2.75 bits per heavy atom. The number of hydrogen-bond donors (Lipinski definition) is 1. The van der Waals surface area contributed by atoms with Gasteiger partial charge in [0.25, 0.3) is 5.91 Å². The van der Waals surface area contributed by atoms with Gasteiger partial charge in [-0.15, -0.1) is 0 Å². The molecule has 0 heterocycles. The van der Waals surface area contributed by atoms with Gasteiger partial charge in [0.15, 0.2) is 0 Å². The maximum Gasteiger partial charge on any atom is 0.272 e. The molecule has 20 heavy (non-hydrogen) atoms. The first kappa shape index (κ1) is 14.8. The van der Waals surface area contributed by atoms with Gasteiger partial charge in [-0.2, -0.15) is 5.10 Å². The minimum absolute atomic E-state index is 0.335. The van der Waals surface area contributed by atoms with Crippen LogP contribution in [0.25, 0.3) is 0 Å². The molecule has 0 saturated heterocycles. The number of hydrogen-bond acceptors (Lipinski definition) is 2. The Balaban J connectivity index is 2.05. The average Bonchev–Trinajstić information content (AvgIpc) is 2.43. The molecule has 2 aromatic carbocycles. The zero-order chi connectivity index (χ0) is 14.5. The monoisotopic (exact) mass is 350 g/mol. The van der Waals surface area contributed by atoms with Crippen molar-refractivity contribution in [3.05, 3.63) is 68.7 Å². The van der Waals surface area contributed by atoms with Crippen LogP contribution >= 0.6 is 27.5 Å². The number of carbonyl (C=O) groups is 1. The second-order valence-electron chi connectivity index (χ2n) is 4.19. The average molecular weight is 352 g/mol. The summed E-state index contributed by atoms with van der Waals surface area (Å²) in [5.74, 6) is -0.335. The summed E-state index contributed by atoms with van der Waals surface area (Å²) in [5.41, 5.74) is 4.88. The molecule has 1 amide bonds. The van der Waals surface area contributed by atoms with E-state index in [9.17, 15) is 4.79 Å². The van der Waals surface area contributed by atoms with E-state index in [-0.39, 0.29) is 5.91 Å². The minimum Gasteiger partial charge on any atom is -0.267 e. The van der Waals surface area contributed by atoms with Gasteiger partial charge in [0.05, 0.1) is 16.8 Å². The number of carbonyl (C=O) groups excluding carboxylic acids is 1. The fourth-order valence-electron chi connectivity index (χ4n) is 1.56. The van der Waals surface area contributed by atoms with Crippen LogP contribution < -0.4 is 5.43 Å². The number of halogens is 2. The van der Waals surface area contributed by atoms with E-state index in [0.717, 1.165) is 15.6 Å². The first-order valence-electron chi connectivity index (χ1n) is 5.92. The Kier molecular flexibility index (Phi) is 4.93. The van der Waals surface area contributed by atoms with E-state index in [1.54, 1.807) is 30.5 Å². The van der Waals surface area contributed by atoms with Crippen molar-refractivity contribution >= 4 is 39.7 Å². The SMILES string of the molecule is Cc1ccc(/C=N\NC(=O)c2ccccc2Cl)cc1Br. The van der Waals surface area contributed by atoms with Gasteiger partial charge in [-0.3, -0.25) is 4.79 Å². The molecule has 0 atom stereocenters. The van der Waals surface area contributed by atoms with Crippen molar-refractivity contribution in [2.45, 2.75) is 6.92 Å². The van der Waals surface area contributed by atoms with Gasteiger partial charge in [-0.05, 0) is 36.2 Å². The first-order valence-corrected chi connectivity index (χ1v) is 7.09. The third kappa shape index (κ3) is 3.68. The molecule has 102 valence electrons. The van der Waals surface area contributed by atoms with Gasteiger partial charge in [-0.25, -0.2) is 5.43 Å². The van der Waals surface area contributed by atoms with E-state index >= 15 is 0 Å². The summed E-state index contributed by atoms with van der Waals surface area (Å²) in [6.07, 6.45) is 1.58. The summed E-state index contributed by atoms with van der Waals surface area (Å²) in [7, 11) is 0. The standard InChI is InChI=1S/C15H12BrClN2O/c1-10-6-7-11(8-13(10)16)9-18-19-15(20)12-4-2-3-5-14(12)17/h2-9H,1H3,(H,19,20)/b18-9-. The third-order valence-electron chi connectivity index (χ3n) is 2.69. The Bertz CT molecular complexity index is 671. The summed E-state index contributed by atoms with van der Waals surface area (Å²) >= 11 is 9.38. The number of nitrogens with one attached hydrogen (secondary N) is 1. The highest BCUT2D eigenvalue weighted by molar-refractivity contribution is 9.10. The summed E-state index contributed by atoms with van der Waals surface area (Å²) in [6, 6.07) is 12.7. The minimum atomic E-state index is -0.335. The highest BCUT2D eigenvalue weighted by Gasteiger charge is 2.07. The second-order valence-corrected chi connectivity index (χ2v) is 5.45. The molecule has 5 heteroatoms. The van der Waals surface area contributed by atoms with Crippen molar-refractivity contribution < 1.29 is 4.79 Å². The van der Waals surface area contributed by atoms with E-state index in [0.29, 0.717) is 10.6 Å². The van der Waals surface area contributed by atoms with E-state index in [1.165, 1.54) is 0 Å². The zero-order valence-electron chi connectivity index (χ0n) is 10.7. The van der Waals surface area contributed by atoms with Crippen LogP contribution in [0.4, 0.5) is 0 Å². The Morgan fingerprint density at radius 2 is 2.05 bits per heavy atom. The van der Waals surface area contributed by atoms with Gasteiger partial charge in [-0.1, -0.05) is 51.8 Å². The molecule has 2 aromatic rings. The Morgan fingerprint density at radius 1 is 1.30 bits per heavy atom. The van der Waals surface area contributed by atoms with Crippen molar-refractivity contribution in [1.82, 2.24) is 5.43 Å². The van der Waals surface area contributed by atoms with E-state index in [4.69, 9.17) is 11.6 Å². The highest BCUT2D eigenvalue weighted by Crippen LogP contribution is 2.16. The van der Waals surface area contributed by atoms with Crippen molar-refractivity contribution in [2.24, 2.45) is 5.10 Å². The molecule has 0 spiro atoms. The van der Waals surface area contributed by atoms with Crippen LogP contribution in [0, 0.1) is 6.92 Å². The van der Waals surface area contributed by atoms with E-state index in [1.807, 2.05) is 25.1 Å². The van der Waals surface area contributed by atoms with Crippen molar-refractivity contribution in [3.63, 3.8) is 0 Å². The van der Waals surface area contributed by atoms with Crippen LogP contribution in [-0.4, -0.2) is 12.1 Å². The highest BCUT2D eigenvalue weighted by atomic mass is 79.9. The van der Waals surface area contributed by atoms with Gasteiger partial charge in [0, 0.05) is 4.47 Å². The van der Waals surface area contributed by atoms with Crippen molar-refractivity contribution in [1.29, 1.82) is 0 Å². The Hall–Kier alpha value is -1.65. The lowest BCUT2D eigenvalue weighted by Gasteiger charge is -2.02.